The Balaban J connectivity index is 1.85. The van der Waals surface area contributed by atoms with Gasteiger partial charge in [-0.1, -0.05) is 19.9 Å². The van der Waals surface area contributed by atoms with Crippen LogP contribution in [0.2, 0.25) is 0 Å². The van der Waals surface area contributed by atoms with Crippen LogP contribution in [0.5, 0.6) is 0 Å². The van der Waals surface area contributed by atoms with E-state index in [0.29, 0.717) is 17.3 Å². The van der Waals surface area contributed by atoms with Gasteiger partial charge in [-0.3, -0.25) is 4.79 Å². The van der Waals surface area contributed by atoms with Crippen LogP contribution in [0.1, 0.15) is 59.9 Å². The highest BCUT2D eigenvalue weighted by molar-refractivity contribution is 6.07. The van der Waals surface area contributed by atoms with Crippen LogP contribution >= 0.6 is 0 Å². The van der Waals surface area contributed by atoms with E-state index in [1.807, 2.05) is 18.2 Å². The fraction of sp³-hybridized carbons (Fsp3) is 0.368. The molecular weight excluding hydrogens is 300 g/mol. The molecule has 0 spiro atoms. The molecule has 0 saturated carbocycles. The second-order valence-electron chi connectivity index (χ2n) is 6.88. The number of hydrogen-bond donors (Lipinski definition) is 2. The number of rotatable bonds is 2. The zero-order valence-corrected chi connectivity index (χ0v) is 14.1. The molecule has 2 aromatic heterocycles. The van der Waals surface area contributed by atoms with Gasteiger partial charge < -0.3 is 10.7 Å². The Bertz CT molecular complexity index is 932. The minimum atomic E-state index is -0.0928. The van der Waals surface area contributed by atoms with Crippen molar-refractivity contribution in [2.45, 2.75) is 45.4 Å². The number of nitrogens with two attached hydrogens (primary N) is 1. The lowest BCUT2D eigenvalue weighted by Gasteiger charge is -2.13. The summed E-state index contributed by atoms with van der Waals surface area (Å²) in [5.74, 6) is 0.792. The van der Waals surface area contributed by atoms with Gasteiger partial charge >= 0.3 is 0 Å². The molecule has 1 aliphatic carbocycles. The van der Waals surface area contributed by atoms with Gasteiger partial charge in [0.1, 0.15) is 5.82 Å². The molecule has 2 heterocycles. The zero-order valence-electron chi connectivity index (χ0n) is 14.1. The van der Waals surface area contributed by atoms with Crippen molar-refractivity contribution in [3.05, 3.63) is 46.8 Å². The first-order valence-electron chi connectivity index (χ1n) is 8.59. The minimum Gasteiger partial charge on any atom is -0.382 e. The Kier molecular flexibility index (Phi) is 3.44. The molecule has 124 valence electrons. The van der Waals surface area contributed by atoms with Crippen molar-refractivity contribution in [1.29, 1.82) is 0 Å². The predicted octanol–water partition coefficient (Wildman–Crippen LogP) is 3.64. The fourth-order valence-electron chi connectivity index (χ4n) is 3.58. The van der Waals surface area contributed by atoms with Gasteiger partial charge in [0.2, 0.25) is 0 Å². The average molecular weight is 322 g/mol. The predicted molar refractivity (Wildman–Crippen MR) is 95.4 cm³/mol. The van der Waals surface area contributed by atoms with Gasteiger partial charge in [-0.2, -0.15) is 4.68 Å². The number of nitrogens with zero attached hydrogens (tertiary/aromatic N) is 2. The molecule has 0 atom stereocenters. The quantitative estimate of drug-likeness (QED) is 0.756. The van der Waals surface area contributed by atoms with E-state index in [9.17, 15) is 4.79 Å². The molecule has 0 fully saturated rings. The first kappa shape index (κ1) is 15.0. The van der Waals surface area contributed by atoms with Crippen molar-refractivity contribution in [3.63, 3.8) is 0 Å². The minimum absolute atomic E-state index is 0.0928. The highest BCUT2D eigenvalue weighted by Crippen LogP contribution is 2.29. The van der Waals surface area contributed by atoms with Crippen LogP contribution < -0.4 is 5.73 Å². The number of H-pyrrole nitrogens is 1. The Labute approximate surface area is 140 Å². The molecule has 1 aromatic carbocycles. The maximum Gasteiger partial charge on any atom is 0.279 e. The van der Waals surface area contributed by atoms with Crippen molar-refractivity contribution in [3.8, 4) is 0 Å². The summed E-state index contributed by atoms with van der Waals surface area (Å²) in [6, 6.07) is 7.86. The van der Waals surface area contributed by atoms with E-state index >= 15 is 0 Å². The second kappa shape index (κ2) is 5.51. The Morgan fingerprint density at radius 2 is 2.08 bits per heavy atom. The number of hydrogen-bond acceptors (Lipinski definition) is 3. The van der Waals surface area contributed by atoms with Gasteiger partial charge in [0.25, 0.3) is 5.91 Å². The lowest BCUT2D eigenvalue weighted by molar-refractivity contribution is 0.0943. The number of benzene rings is 1. The van der Waals surface area contributed by atoms with Gasteiger partial charge in [-0.05, 0) is 49.8 Å². The number of aromatic amines is 1. The summed E-state index contributed by atoms with van der Waals surface area (Å²) in [5.41, 5.74) is 10.9. The van der Waals surface area contributed by atoms with Crippen LogP contribution in [0.25, 0.3) is 10.9 Å². The van der Waals surface area contributed by atoms with Crippen molar-refractivity contribution >= 4 is 22.6 Å². The summed E-state index contributed by atoms with van der Waals surface area (Å²) >= 11 is 0. The van der Waals surface area contributed by atoms with Gasteiger partial charge in [-0.15, -0.1) is 5.10 Å². The van der Waals surface area contributed by atoms with E-state index in [4.69, 9.17) is 5.73 Å². The Hall–Kier alpha value is -2.56. The molecule has 3 N–H and O–H groups in total. The van der Waals surface area contributed by atoms with E-state index in [1.54, 1.807) is 0 Å². The molecule has 4 rings (SSSR count). The van der Waals surface area contributed by atoms with Gasteiger partial charge in [0.05, 0.1) is 11.3 Å². The van der Waals surface area contributed by atoms with Crippen molar-refractivity contribution in [2.24, 2.45) is 0 Å². The van der Waals surface area contributed by atoms with Crippen LogP contribution in [0.3, 0.4) is 0 Å². The number of nitrogen functional groups attached to an aromatic ring is 1. The smallest absolute Gasteiger partial charge is 0.279 e. The molecule has 0 radical (unpaired) electrons. The number of fused-ring (bicyclic) bond motifs is 2. The number of anilines is 1. The third kappa shape index (κ3) is 2.23. The Morgan fingerprint density at radius 1 is 1.29 bits per heavy atom. The van der Waals surface area contributed by atoms with E-state index in [1.165, 1.54) is 4.68 Å². The normalized spacial score (nSPS) is 14.3. The summed E-state index contributed by atoms with van der Waals surface area (Å²) in [7, 11) is 0. The van der Waals surface area contributed by atoms with Gasteiger partial charge in [0, 0.05) is 22.2 Å². The highest BCUT2D eigenvalue weighted by atomic mass is 16.2. The monoisotopic (exact) mass is 322 g/mol. The van der Waals surface area contributed by atoms with E-state index in [0.717, 1.165) is 53.5 Å². The van der Waals surface area contributed by atoms with Gasteiger partial charge in [0.15, 0.2) is 0 Å². The van der Waals surface area contributed by atoms with Crippen LogP contribution in [0, 0.1) is 0 Å². The molecule has 3 aromatic rings. The summed E-state index contributed by atoms with van der Waals surface area (Å²) in [5, 5.41) is 5.30. The third-order valence-corrected chi connectivity index (χ3v) is 4.94. The fourth-order valence-corrected chi connectivity index (χ4v) is 3.58. The maximum atomic E-state index is 13.2. The number of carbonyl (C=O) groups is 1. The number of nitrogens with one attached hydrogen (secondary N) is 1. The first-order valence-corrected chi connectivity index (χ1v) is 8.59. The summed E-state index contributed by atoms with van der Waals surface area (Å²) < 4.78 is 1.53. The van der Waals surface area contributed by atoms with E-state index < -0.39 is 0 Å². The standard InChI is InChI=1S/C19H22N4O/c1-11(2)16-10-14-12(7-5-8-15(14)21-16)19(24)23-17-9-4-3-6-13(17)18(20)22-23/h5,7-8,10-11,21H,3-4,6,9H2,1-2H3,(H2,20,22). The maximum absolute atomic E-state index is 13.2. The lowest BCUT2D eigenvalue weighted by Crippen LogP contribution is -2.18. The Morgan fingerprint density at radius 3 is 2.88 bits per heavy atom. The molecule has 0 saturated heterocycles. The summed E-state index contributed by atoms with van der Waals surface area (Å²) in [6.45, 7) is 4.27. The van der Waals surface area contributed by atoms with Crippen LogP contribution in [-0.2, 0) is 12.8 Å². The van der Waals surface area contributed by atoms with Crippen LogP contribution in [0.15, 0.2) is 24.3 Å². The van der Waals surface area contributed by atoms with Gasteiger partial charge in [-0.25, -0.2) is 0 Å². The molecule has 0 bridgehead atoms. The van der Waals surface area contributed by atoms with Crippen molar-refractivity contribution < 1.29 is 4.79 Å². The molecule has 0 unspecified atom stereocenters. The zero-order chi connectivity index (χ0) is 16.8. The summed E-state index contributed by atoms with van der Waals surface area (Å²) in [4.78, 5) is 16.6. The largest absolute Gasteiger partial charge is 0.382 e. The highest BCUT2D eigenvalue weighted by Gasteiger charge is 2.24. The molecule has 0 amide bonds. The number of carbonyl (C=O) groups excluding carboxylic acids is 1. The second-order valence-corrected chi connectivity index (χ2v) is 6.88. The lowest BCUT2D eigenvalue weighted by atomic mass is 9.97. The van der Waals surface area contributed by atoms with E-state index in [-0.39, 0.29) is 5.91 Å². The molecule has 0 aliphatic heterocycles. The van der Waals surface area contributed by atoms with Crippen molar-refractivity contribution in [1.82, 2.24) is 14.8 Å². The SMILES string of the molecule is CC(C)c1cc2c(C(=O)n3nc(N)c4c3CCCC4)cccc2[nH]1. The topological polar surface area (TPSA) is 76.7 Å². The van der Waals surface area contributed by atoms with Crippen LogP contribution in [-0.4, -0.2) is 20.7 Å². The molecule has 5 nitrogen and oxygen atoms in total. The first-order chi connectivity index (χ1) is 11.6. The van der Waals surface area contributed by atoms with Crippen LogP contribution in [0.4, 0.5) is 5.82 Å². The molecule has 1 aliphatic rings. The number of aromatic nitrogens is 3. The summed E-state index contributed by atoms with van der Waals surface area (Å²) in [6.07, 6.45) is 3.98. The van der Waals surface area contributed by atoms with E-state index in [2.05, 4.69) is 30.0 Å². The molecule has 24 heavy (non-hydrogen) atoms. The third-order valence-electron chi connectivity index (χ3n) is 4.94. The van der Waals surface area contributed by atoms with Crippen molar-refractivity contribution in [2.75, 3.05) is 5.73 Å². The average Bonchev–Trinajstić information content (AvgIpc) is 3.16. The molecular formula is C19H22N4O. The molecule has 5 heteroatoms.